The third kappa shape index (κ3) is 7.11. The van der Waals surface area contributed by atoms with Crippen LogP contribution in [-0.4, -0.2) is 50.5 Å². The molecule has 3 N–H and O–H groups in total. The number of aromatic carboxylic acids is 1. The van der Waals surface area contributed by atoms with Gasteiger partial charge in [0.05, 0.1) is 26.8 Å². The molecule has 0 aliphatic carbocycles. The van der Waals surface area contributed by atoms with Crippen LogP contribution in [0.25, 0.3) is 0 Å². The number of carboxylic acids is 1. The van der Waals surface area contributed by atoms with Gasteiger partial charge < -0.3 is 24.9 Å². The van der Waals surface area contributed by atoms with E-state index in [1.165, 1.54) is 38.7 Å². The largest absolute Gasteiger partial charge is 0.494 e. The van der Waals surface area contributed by atoms with Crippen LogP contribution in [0.15, 0.2) is 71.9 Å². The lowest BCUT2D eigenvalue weighted by Crippen LogP contribution is -2.18. The molecule has 198 valence electrons. The minimum atomic E-state index is -1.02. The predicted octanol–water partition coefficient (Wildman–Crippen LogP) is 2.31. The van der Waals surface area contributed by atoms with Crippen LogP contribution in [0.4, 0.5) is 4.39 Å². The Morgan fingerprint density at radius 2 is 1.74 bits per heavy atom. The number of nitrogens with zero attached hydrogens (tertiary/aromatic N) is 4. The van der Waals surface area contributed by atoms with Crippen molar-refractivity contribution in [3.8, 4) is 5.75 Å². The van der Waals surface area contributed by atoms with E-state index < -0.39 is 23.4 Å². The van der Waals surface area contributed by atoms with Crippen LogP contribution in [0.3, 0.4) is 0 Å². The van der Waals surface area contributed by atoms with E-state index in [0.29, 0.717) is 18.8 Å². The number of aromatic nitrogens is 4. The fourth-order valence-corrected chi connectivity index (χ4v) is 3.44. The minimum Gasteiger partial charge on any atom is -0.494 e. The topological polar surface area (TPSA) is 152 Å². The fourth-order valence-electron chi connectivity index (χ4n) is 3.44. The van der Waals surface area contributed by atoms with Crippen LogP contribution in [-0.2, 0) is 24.4 Å². The average Bonchev–Trinajstić information content (AvgIpc) is 3.29. The molecular weight excluding hydrogens is 497 g/mol. The molecule has 4 aromatic rings. The van der Waals surface area contributed by atoms with Crippen LogP contribution in [0.5, 0.6) is 5.75 Å². The van der Waals surface area contributed by atoms with E-state index >= 15 is 0 Å². The lowest BCUT2D eigenvalue weighted by Gasteiger charge is -2.07. The van der Waals surface area contributed by atoms with Gasteiger partial charge in [-0.15, -0.1) is 0 Å². The molecule has 0 bridgehead atoms. The molecule has 11 nitrogen and oxygen atoms in total. The molecule has 0 aliphatic rings. The van der Waals surface area contributed by atoms with Crippen molar-refractivity contribution in [2.75, 3.05) is 14.2 Å². The van der Waals surface area contributed by atoms with Crippen LogP contribution >= 0.6 is 0 Å². The average molecular weight is 524 g/mol. The highest BCUT2D eigenvalue weighted by Crippen LogP contribution is 2.17. The van der Waals surface area contributed by atoms with Crippen LogP contribution in [0, 0.1) is 5.82 Å². The Morgan fingerprint density at radius 3 is 2.32 bits per heavy atom. The summed E-state index contributed by atoms with van der Waals surface area (Å²) in [5.41, 5.74) is 6.93. The molecule has 1 amide bonds. The minimum absolute atomic E-state index is 0.0417. The Morgan fingerprint density at radius 1 is 1.05 bits per heavy atom. The second-order valence-electron chi connectivity index (χ2n) is 7.95. The summed E-state index contributed by atoms with van der Waals surface area (Å²) in [4.78, 5) is 37.0. The number of benzene rings is 1. The second-order valence-corrected chi connectivity index (χ2v) is 7.95. The summed E-state index contributed by atoms with van der Waals surface area (Å²) in [5.74, 6) is -2.80. The standard InChI is InChI=1S/C19H19N3O4.C7H7FN2O2/c1-26-13-17-16(19(24)25)12-22(20-17)11-15-7-5-14(6-8-15)10-21-9-3-2-4-18(21)23;1-12-4-2-3-10-6(5(4)8)7(9)11/h2-9,12H,10-11,13H2,1H3,(H,24,25);2-3H,1H3,(H2,9,11). The summed E-state index contributed by atoms with van der Waals surface area (Å²) < 4.78 is 25.9. The van der Waals surface area contributed by atoms with Gasteiger partial charge >= 0.3 is 5.97 Å². The highest BCUT2D eigenvalue weighted by Gasteiger charge is 2.15. The number of carboxylic acid groups (broad SMARTS) is 1. The molecule has 4 rings (SSSR count). The van der Waals surface area contributed by atoms with E-state index in [4.69, 9.17) is 10.5 Å². The normalized spacial score (nSPS) is 10.4. The molecule has 0 spiro atoms. The van der Waals surface area contributed by atoms with Crippen molar-refractivity contribution in [3.63, 3.8) is 0 Å². The molecule has 0 unspecified atom stereocenters. The summed E-state index contributed by atoms with van der Waals surface area (Å²) in [6.07, 6.45) is 4.51. The van der Waals surface area contributed by atoms with Gasteiger partial charge in [0.2, 0.25) is 0 Å². The van der Waals surface area contributed by atoms with Gasteiger partial charge in [0.15, 0.2) is 17.3 Å². The number of carbonyl (C=O) groups is 2. The Labute approximate surface area is 216 Å². The predicted molar refractivity (Wildman–Crippen MR) is 135 cm³/mol. The van der Waals surface area contributed by atoms with Gasteiger partial charge in [-0.3, -0.25) is 14.3 Å². The molecule has 12 heteroatoms. The van der Waals surface area contributed by atoms with Crippen molar-refractivity contribution in [1.82, 2.24) is 19.3 Å². The maximum Gasteiger partial charge on any atom is 0.339 e. The fraction of sp³-hybridized carbons (Fsp3) is 0.192. The number of nitrogens with two attached hydrogens (primary N) is 1. The quantitative estimate of drug-likeness (QED) is 0.339. The number of rotatable bonds is 9. The molecule has 0 atom stereocenters. The molecule has 0 aliphatic heterocycles. The zero-order valence-electron chi connectivity index (χ0n) is 20.7. The summed E-state index contributed by atoms with van der Waals surface area (Å²) in [7, 11) is 2.80. The van der Waals surface area contributed by atoms with Gasteiger partial charge in [-0.25, -0.2) is 14.2 Å². The monoisotopic (exact) mass is 523 g/mol. The van der Waals surface area contributed by atoms with Crippen LogP contribution in [0.2, 0.25) is 0 Å². The van der Waals surface area contributed by atoms with E-state index in [1.807, 2.05) is 30.3 Å². The van der Waals surface area contributed by atoms with Crippen molar-refractivity contribution < 1.29 is 28.6 Å². The molecular formula is C26H26FN5O6. The first-order valence-corrected chi connectivity index (χ1v) is 11.2. The number of halogens is 1. The first-order valence-electron chi connectivity index (χ1n) is 11.2. The Kier molecular flexibility index (Phi) is 9.43. The van der Waals surface area contributed by atoms with Gasteiger partial charge in [-0.2, -0.15) is 5.10 Å². The smallest absolute Gasteiger partial charge is 0.339 e. The highest BCUT2D eigenvalue weighted by atomic mass is 19.1. The lowest BCUT2D eigenvalue weighted by molar-refractivity contribution is 0.0691. The van der Waals surface area contributed by atoms with Crippen LogP contribution < -0.4 is 16.0 Å². The number of methoxy groups -OCH3 is 2. The second kappa shape index (κ2) is 12.9. The maximum atomic E-state index is 13.0. The van der Waals surface area contributed by atoms with E-state index in [9.17, 15) is 23.9 Å². The number of hydrogen-bond donors (Lipinski definition) is 2. The first-order chi connectivity index (χ1) is 18.2. The molecule has 38 heavy (non-hydrogen) atoms. The van der Waals surface area contributed by atoms with Gasteiger partial charge in [0.25, 0.3) is 11.5 Å². The van der Waals surface area contributed by atoms with Crippen molar-refractivity contribution in [3.05, 3.63) is 111 Å². The number of carbonyl (C=O) groups excluding carboxylic acids is 1. The summed E-state index contributed by atoms with van der Waals surface area (Å²) in [6, 6.07) is 14.2. The maximum absolute atomic E-state index is 13.0. The molecule has 0 saturated carbocycles. The number of primary amides is 1. The van der Waals surface area contributed by atoms with Crippen molar-refractivity contribution in [2.45, 2.75) is 19.7 Å². The number of hydrogen-bond acceptors (Lipinski definition) is 7. The Balaban J connectivity index is 0.000000279. The lowest BCUT2D eigenvalue weighted by atomic mass is 10.1. The molecule has 0 radical (unpaired) electrons. The van der Waals surface area contributed by atoms with E-state index in [-0.39, 0.29) is 23.5 Å². The molecule has 0 fully saturated rings. The number of ether oxygens (including phenoxy) is 2. The van der Waals surface area contributed by atoms with E-state index in [0.717, 1.165) is 11.1 Å². The molecule has 0 saturated heterocycles. The van der Waals surface area contributed by atoms with Crippen molar-refractivity contribution >= 4 is 11.9 Å². The van der Waals surface area contributed by atoms with Gasteiger partial charge in [0.1, 0.15) is 11.3 Å². The molecule has 3 heterocycles. The molecule has 1 aromatic carbocycles. The van der Waals surface area contributed by atoms with Gasteiger partial charge in [-0.05, 0) is 17.2 Å². The number of pyridine rings is 2. The van der Waals surface area contributed by atoms with E-state index in [2.05, 4.69) is 14.8 Å². The Hall–Kier alpha value is -4.84. The van der Waals surface area contributed by atoms with Crippen molar-refractivity contribution in [1.29, 1.82) is 0 Å². The van der Waals surface area contributed by atoms with Crippen LogP contribution in [0.1, 0.15) is 37.7 Å². The van der Waals surface area contributed by atoms with Gasteiger partial charge in [0, 0.05) is 37.8 Å². The summed E-state index contributed by atoms with van der Waals surface area (Å²) >= 11 is 0. The zero-order valence-corrected chi connectivity index (χ0v) is 20.7. The third-order valence-corrected chi connectivity index (χ3v) is 5.28. The summed E-state index contributed by atoms with van der Waals surface area (Å²) in [6.45, 7) is 1.11. The third-order valence-electron chi connectivity index (χ3n) is 5.28. The SMILES string of the molecule is COCc1nn(Cc2ccc(Cn3ccccc3=O)cc2)cc1C(=O)O.COc1ccnc(C(N)=O)c1F. The Bertz CT molecular complexity index is 1470. The van der Waals surface area contributed by atoms with Crippen molar-refractivity contribution in [2.24, 2.45) is 5.73 Å². The highest BCUT2D eigenvalue weighted by molar-refractivity contribution is 5.91. The van der Waals surface area contributed by atoms with E-state index in [1.54, 1.807) is 21.5 Å². The zero-order chi connectivity index (χ0) is 27.7. The van der Waals surface area contributed by atoms with Gasteiger partial charge in [-0.1, -0.05) is 30.3 Å². The number of amides is 1. The summed E-state index contributed by atoms with van der Waals surface area (Å²) in [5, 5.41) is 13.5. The first kappa shape index (κ1) is 27.7. The molecule has 3 aromatic heterocycles.